The molecule has 222 valence electrons. The number of aryl methyl sites for hydroxylation is 1. The lowest BCUT2D eigenvalue weighted by atomic mass is 10.0. The predicted octanol–water partition coefficient (Wildman–Crippen LogP) is 4.02. The lowest BCUT2D eigenvalue weighted by Crippen LogP contribution is -2.55. The van der Waals surface area contributed by atoms with Crippen molar-refractivity contribution in [1.29, 1.82) is 0 Å². The fourth-order valence-corrected chi connectivity index (χ4v) is 5.52. The molecule has 0 spiro atoms. The van der Waals surface area contributed by atoms with Crippen molar-refractivity contribution in [1.82, 2.24) is 20.4 Å². The summed E-state index contributed by atoms with van der Waals surface area (Å²) >= 11 is 0. The van der Waals surface area contributed by atoms with E-state index in [4.69, 9.17) is 0 Å². The lowest BCUT2D eigenvalue weighted by molar-refractivity contribution is -0.139. The molecule has 0 unspecified atom stereocenters. The quantitative estimate of drug-likeness (QED) is 0.308. The summed E-state index contributed by atoms with van der Waals surface area (Å²) in [5.41, 5.74) is 3.29. The van der Waals surface area contributed by atoms with E-state index >= 15 is 0 Å². The highest BCUT2D eigenvalue weighted by molar-refractivity contribution is 5.90. The topological polar surface area (TPSA) is 81.8 Å². The van der Waals surface area contributed by atoms with Crippen molar-refractivity contribution >= 4 is 17.7 Å². The first kappa shape index (κ1) is 31.0. The number of carbonyl (C=O) groups is 3. The lowest BCUT2D eigenvalue weighted by Gasteiger charge is -2.33. The van der Waals surface area contributed by atoms with E-state index in [9.17, 15) is 14.4 Å². The minimum absolute atomic E-state index is 0.0632. The molecule has 3 amide bonds. The first-order valence-corrected chi connectivity index (χ1v) is 15.1. The molecule has 2 N–H and O–H groups in total. The number of rotatable bonds is 14. The number of nitrogens with zero attached hydrogens (tertiary/aromatic N) is 2. The molecule has 0 radical (unpaired) electrons. The maximum absolute atomic E-state index is 14.0. The van der Waals surface area contributed by atoms with E-state index in [2.05, 4.69) is 22.8 Å². The van der Waals surface area contributed by atoms with Crippen LogP contribution >= 0.6 is 0 Å². The van der Waals surface area contributed by atoms with E-state index < -0.39 is 12.1 Å². The van der Waals surface area contributed by atoms with Crippen molar-refractivity contribution < 1.29 is 14.4 Å². The highest BCUT2D eigenvalue weighted by Crippen LogP contribution is 2.22. The van der Waals surface area contributed by atoms with Gasteiger partial charge in [0.15, 0.2) is 0 Å². The zero-order valence-electron chi connectivity index (χ0n) is 24.9. The third kappa shape index (κ3) is 9.02. The van der Waals surface area contributed by atoms with Crippen LogP contribution in [0.25, 0.3) is 0 Å². The molecule has 1 heterocycles. The number of hydrogen-bond donors (Lipinski definition) is 2. The summed E-state index contributed by atoms with van der Waals surface area (Å²) in [6.45, 7) is 3.48. The van der Waals surface area contributed by atoms with Gasteiger partial charge >= 0.3 is 0 Å². The number of hydrogen-bond acceptors (Lipinski definition) is 4. The van der Waals surface area contributed by atoms with Gasteiger partial charge in [-0.1, -0.05) is 91.0 Å². The van der Waals surface area contributed by atoms with E-state index in [1.165, 1.54) is 5.56 Å². The van der Waals surface area contributed by atoms with E-state index in [1.54, 1.807) is 14.0 Å². The second-order valence-corrected chi connectivity index (χ2v) is 11.2. The van der Waals surface area contributed by atoms with Crippen molar-refractivity contribution in [2.75, 3.05) is 26.7 Å². The summed E-state index contributed by atoms with van der Waals surface area (Å²) < 4.78 is 0. The Morgan fingerprint density at radius 3 is 2.02 bits per heavy atom. The molecule has 0 aliphatic carbocycles. The molecule has 42 heavy (non-hydrogen) atoms. The molecule has 1 aliphatic rings. The summed E-state index contributed by atoms with van der Waals surface area (Å²) in [6, 6.07) is 28.9. The van der Waals surface area contributed by atoms with Crippen LogP contribution in [0.5, 0.6) is 0 Å². The largest absolute Gasteiger partial charge is 0.343 e. The highest BCUT2D eigenvalue weighted by atomic mass is 16.2. The van der Waals surface area contributed by atoms with Gasteiger partial charge in [0.2, 0.25) is 17.7 Å². The van der Waals surface area contributed by atoms with E-state index in [0.717, 1.165) is 30.4 Å². The van der Waals surface area contributed by atoms with Crippen LogP contribution in [0.3, 0.4) is 0 Å². The van der Waals surface area contributed by atoms with Gasteiger partial charge in [0.05, 0.1) is 12.5 Å². The Kier molecular flexibility index (Phi) is 11.7. The molecule has 3 aromatic rings. The maximum atomic E-state index is 14.0. The smallest absolute Gasteiger partial charge is 0.245 e. The summed E-state index contributed by atoms with van der Waals surface area (Å²) in [5, 5.41) is 5.98. The Bertz CT molecular complexity index is 1270. The average Bonchev–Trinajstić information content (AvgIpc) is 3.50. The zero-order valence-corrected chi connectivity index (χ0v) is 24.9. The highest BCUT2D eigenvalue weighted by Gasteiger charge is 2.35. The monoisotopic (exact) mass is 568 g/mol. The standard InChI is InChI=1S/C35H44N4O3/c1-27(36-2)34(41)37-32(21-20-28-13-6-3-7-14-28)35(42)39-23-12-19-31(39)26-38(24-22-29-15-8-4-9-16-29)33(40)25-30-17-10-5-11-18-30/h3-11,13-18,27,31-32,36H,12,19-26H2,1-2H3,(H,37,41)/t27-,31-,32-/m0/s1. The molecule has 1 saturated heterocycles. The molecule has 3 atom stereocenters. The van der Waals surface area contributed by atoms with E-state index in [1.807, 2.05) is 88.7 Å². The molecule has 7 nitrogen and oxygen atoms in total. The fraction of sp³-hybridized carbons (Fsp3) is 0.400. The first-order chi connectivity index (χ1) is 20.4. The molecular formula is C35H44N4O3. The molecule has 7 heteroatoms. The van der Waals surface area contributed by atoms with Gasteiger partial charge in [-0.25, -0.2) is 0 Å². The van der Waals surface area contributed by atoms with E-state index in [-0.39, 0.29) is 23.8 Å². The minimum Gasteiger partial charge on any atom is -0.343 e. The second-order valence-electron chi connectivity index (χ2n) is 11.2. The first-order valence-electron chi connectivity index (χ1n) is 15.1. The van der Waals surface area contributed by atoms with E-state index in [0.29, 0.717) is 38.9 Å². The molecule has 3 aromatic carbocycles. The summed E-state index contributed by atoms with van der Waals surface area (Å²) in [5.74, 6) is -0.195. The molecule has 0 bridgehead atoms. The Morgan fingerprint density at radius 1 is 0.857 bits per heavy atom. The number of amides is 3. The van der Waals surface area contributed by atoms with Crippen LogP contribution in [0, 0.1) is 0 Å². The van der Waals surface area contributed by atoms with Crippen molar-refractivity contribution in [3.8, 4) is 0 Å². The zero-order chi connectivity index (χ0) is 29.7. The maximum Gasteiger partial charge on any atom is 0.245 e. The van der Waals surface area contributed by atoms with Crippen LogP contribution in [0.1, 0.15) is 42.9 Å². The van der Waals surface area contributed by atoms with Gasteiger partial charge in [-0.15, -0.1) is 0 Å². The molecule has 1 fully saturated rings. The predicted molar refractivity (Wildman–Crippen MR) is 167 cm³/mol. The van der Waals surface area contributed by atoms with Crippen LogP contribution in [-0.4, -0.2) is 72.3 Å². The second kappa shape index (κ2) is 15.9. The van der Waals surface area contributed by atoms with Crippen LogP contribution in [0.4, 0.5) is 0 Å². The molecule has 0 aromatic heterocycles. The van der Waals surface area contributed by atoms with Gasteiger partial charge in [-0.3, -0.25) is 14.4 Å². The number of benzene rings is 3. The molecule has 1 aliphatic heterocycles. The van der Waals surface area contributed by atoms with Crippen molar-refractivity contribution in [2.45, 2.75) is 63.6 Å². The fourth-order valence-electron chi connectivity index (χ4n) is 5.52. The minimum atomic E-state index is -0.633. The van der Waals surface area contributed by atoms with Crippen LogP contribution in [0.2, 0.25) is 0 Å². The van der Waals surface area contributed by atoms with Gasteiger partial charge in [0.25, 0.3) is 0 Å². The molecule has 0 saturated carbocycles. The third-order valence-electron chi connectivity index (χ3n) is 8.16. The number of likely N-dealkylation sites (N-methyl/N-ethyl adjacent to an activating group) is 1. The average molecular weight is 569 g/mol. The summed E-state index contributed by atoms with van der Waals surface area (Å²) in [7, 11) is 1.73. The SMILES string of the molecule is CN[C@@H](C)C(=O)N[C@@H](CCc1ccccc1)C(=O)N1CCC[C@H]1CN(CCc1ccccc1)C(=O)Cc1ccccc1. The van der Waals surface area contributed by atoms with Gasteiger partial charge in [-0.2, -0.15) is 0 Å². The van der Waals surface area contributed by atoms with Crippen LogP contribution in [-0.2, 0) is 33.6 Å². The number of carbonyl (C=O) groups excluding carboxylic acids is 3. The van der Waals surface area contributed by atoms with Crippen LogP contribution < -0.4 is 10.6 Å². The van der Waals surface area contributed by atoms with Crippen molar-refractivity contribution in [3.05, 3.63) is 108 Å². The molecular weight excluding hydrogens is 524 g/mol. The number of nitrogens with one attached hydrogen (secondary N) is 2. The normalized spacial score (nSPS) is 16.0. The van der Waals surface area contributed by atoms with Gasteiger partial charge in [0, 0.05) is 25.7 Å². The Balaban J connectivity index is 1.49. The summed E-state index contributed by atoms with van der Waals surface area (Å²) in [4.78, 5) is 44.3. The third-order valence-corrected chi connectivity index (χ3v) is 8.16. The van der Waals surface area contributed by atoms with Crippen molar-refractivity contribution in [3.63, 3.8) is 0 Å². The van der Waals surface area contributed by atoms with Crippen molar-refractivity contribution in [2.24, 2.45) is 0 Å². The van der Waals surface area contributed by atoms with Gasteiger partial charge in [0.1, 0.15) is 6.04 Å². The van der Waals surface area contributed by atoms with Crippen LogP contribution in [0.15, 0.2) is 91.0 Å². The van der Waals surface area contributed by atoms with Gasteiger partial charge < -0.3 is 20.4 Å². The van der Waals surface area contributed by atoms with Gasteiger partial charge in [-0.05, 0) is 62.8 Å². The Hall–Kier alpha value is -3.97. The Morgan fingerprint density at radius 2 is 1.43 bits per heavy atom. The Labute approximate surface area is 250 Å². The summed E-state index contributed by atoms with van der Waals surface area (Å²) in [6.07, 6.45) is 3.98. The molecule has 4 rings (SSSR count). The number of likely N-dealkylation sites (tertiary alicyclic amines) is 1.